The van der Waals surface area contributed by atoms with E-state index in [4.69, 9.17) is 4.74 Å². The van der Waals surface area contributed by atoms with Crippen LogP contribution in [-0.2, 0) is 13.1 Å². The van der Waals surface area contributed by atoms with Crippen molar-refractivity contribution in [2.45, 2.75) is 32.9 Å². The number of likely N-dealkylation sites (tertiary alicyclic amines) is 1. The summed E-state index contributed by atoms with van der Waals surface area (Å²) in [6.07, 6.45) is 2.56. The van der Waals surface area contributed by atoms with Crippen LogP contribution < -0.4 is 10.1 Å². The maximum atomic E-state index is 6.10. The van der Waals surface area contributed by atoms with E-state index >= 15 is 0 Å². The van der Waals surface area contributed by atoms with Crippen LogP contribution in [0.1, 0.15) is 30.9 Å². The first kappa shape index (κ1) is 12.9. The molecule has 0 aromatic heterocycles. The van der Waals surface area contributed by atoms with E-state index in [1.54, 1.807) is 0 Å². The molecule has 1 N–H and O–H groups in total. The van der Waals surface area contributed by atoms with E-state index in [0.29, 0.717) is 0 Å². The lowest BCUT2D eigenvalue weighted by Gasteiger charge is -2.31. The van der Waals surface area contributed by atoms with Crippen LogP contribution in [0.5, 0.6) is 5.75 Å². The molecule has 19 heavy (non-hydrogen) atoms. The van der Waals surface area contributed by atoms with Crippen molar-refractivity contribution >= 4 is 0 Å². The third-order valence-corrected chi connectivity index (χ3v) is 4.48. The monoisotopic (exact) mass is 260 g/mol. The molecule has 0 saturated carbocycles. The van der Waals surface area contributed by atoms with Gasteiger partial charge in [-0.3, -0.25) is 0 Å². The molecule has 1 aromatic carbocycles. The summed E-state index contributed by atoms with van der Waals surface area (Å²) in [7, 11) is 0. The summed E-state index contributed by atoms with van der Waals surface area (Å²) in [5.74, 6) is 1.83. The first-order valence-corrected chi connectivity index (χ1v) is 7.53. The van der Waals surface area contributed by atoms with Gasteiger partial charge in [-0.05, 0) is 50.0 Å². The molecule has 0 radical (unpaired) electrons. The van der Waals surface area contributed by atoms with E-state index in [-0.39, 0.29) is 0 Å². The Morgan fingerprint density at radius 2 is 2.11 bits per heavy atom. The van der Waals surface area contributed by atoms with Crippen molar-refractivity contribution in [2.24, 2.45) is 5.92 Å². The van der Waals surface area contributed by atoms with Gasteiger partial charge in [-0.25, -0.2) is 0 Å². The average Bonchev–Trinajstić information content (AvgIpc) is 2.94. The van der Waals surface area contributed by atoms with Crippen LogP contribution in [0.4, 0.5) is 0 Å². The topological polar surface area (TPSA) is 24.5 Å². The van der Waals surface area contributed by atoms with E-state index in [1.165, 1.54) is 43.6 Å². The van der Waals surface area contributed by atoms with E-state index in [0.717, 1.165) is 31.4 Å². The third-order valence-electron chi connectivity index (χ3n) is 4.48. The van der Waals surface area contributed by atoms with E-state index in [9.17, 15) is 0 Å². The Kier molecular flexibility index (Phi) is 4.04. The SMILES string of the molecule is CCN1CCC(COc2cccc3c2CNC3)CC1. The van der Waals surface area contributed by atoms with Crippen molar-refractivity contribution in [1.82, 2.24) is 10.2 Å². The Hall–Kier alpha value is -1.06. The van der Waals surface area contributed by atoms with Gasteiger partial charge in [0, 0.05) is 18.7 Å². The lowest BCUT2D eigenvalue weighted by atomic mass is 9.98. The van der Waals surface area contributed by atoms with E-state index in [2.05, 4.69) is 35.3 Å². The van der Waals surface area contributed by atoms with Gasteiger partial charge >= 0.3 is 0 Å². The number of ether oxygens (including phenoxy) is 1. The zero-order valence-corrected chi connectivity index (χ0v) is 11.8. The van der Waals surface area contributed by atoms with Crippen LogP contribution in [0.15, 0.2) is 18.2 Å². The summed E-state index contributed by atoms with van der Waals surface area (Å²) in [5, 5.41) is 3.39. The van der Waals surface area contributed by atoms with Gasteiger partial charge < -0.3 is 15.0 Å². The third kappa shape index (κ3) is 2.93. The van der Waals surface area contributed by atoms with Crippen molar-refractivity contribution in [3.63, 3.8) is 0 Å². The Balaban J connectivity index is 1.54. The van der Waals surface area contributed by atoms with Crippen LogP contribution in [0.3, 0.4) is 0 Å². The second kappa shape index (κ2) is 5.93. The molecule has 0 bridgehead atoms. The van der Waals surface area contributed by atoms with Crippen molar-refractivity contribution < 1.29 is 4.74 Å². The highest BCUT2D eigenvalue weighted by Gasteiger charge is 2.20. The lowest BCUT2D eigenvalue weighted by molar-refractivity contribution is 0.145. The number of hydrogen-bond donors (Lipinski definition) is 1. The van der Waals surface area contributed by atoms with Gasteiger partial charge in [-0.2, -0.15) is 0 Å². The van der Waals surface area contributed by atoms with Crippen LogP contribution >= 0.6 is 0 Å². The fourth-order valence-corrected chi connectivity index (χ4v) is 3.11. The van der Waals surface area contributed by atoms with Crippen LogP contribution in [0.2, 0.25) is 0 Å². The number of rotatable bonds is 4. The minimum Gasteiger partial charge on any atom is -0.493 e. The number of fused-ring (bicyclic) bond motifs is 1. The highest BCUT2D eigenvalue weighted by molar-refractivity contribution is 5.42. The largest absolute Gasteiger partial charge is 0.493 e. The maximum absolute atomic E-state index is 6.10. The number of piperidine rings is 1. The summed E-state index contributed by atoms with van der Waals surface area (Å²) in [6.45, 7) is 8.73. The molecule has 1 aromatic rings. The Morgan fingerprint density at radius 3 is 2.89 bits per heavy atom. The van der Waals surface area contributed by atoms with Crippen LogP contribution in [-0.4, -0.2) is 31.1 Å². The normalized spacial score (nSPS) is 20.5. The minimum absolute atomic E-state index is 0.730. The predicted octanol–water partition coefficient (Wildman–Crippen LogP) is 2.40. The second-order valence-corrected chi connectivity index (χ2v) is 5.69. The van der Waals surface area contributed by atoms with Gasteiger partial charge in [0.2, 0.25) is 0 Å². The Morgan fingerprint density at radius 1 is 1.26 bits per heavy atom. The van der Waals surface area contributed by atoms with Crippen molar-refractivity contribution in [2.75, 3.05) is 26.2 Å². The van der Waals surface area contributed by atoms with Gasteiger partial charge in [-0.15, -0.1) is 0 Å². The maximum Gasteiger partial charge on any atom is 0.124 e. The molecule has 2 heterocycles. The fraction of sp³-hybridized carbons (Fsp3) is 0.625. The quantitative estimate of drug-likeness (QED) is 0.899. The second-order valence-electron chi connectivity index (χ2n) is 5.69. The smallest absolute Gasteiger partial charge is 0.124 e. The zero-order chi connectivity index (χ0) is 13.1. The molecule has 0 unspecified atom stereocenters. The van der Waals surface area contributed by atoms with Crippen LogP contribution in [0, 0.1) is 5.92 Å². The zero-order valence-electron chi connectivity index (χ0n) is 11.8. The molecule has 0 spiro atoms. The van der Waals surface area contributed by atoms with E-state index < -0.39 is 0 Å². The average molecular weight is 260 g/mol. The number of hydrogen-bond acceptors (Lipinski definition) is 3. The molecule has 0 atom stereocenters. The minimum atomic E-state index is 0.730. The molecule has 3 rings (SSSR count). The number of nitrogens with one attached hydrogen (secondary N) is 1. The summed E-state index contributed by atoms with van der Waals surface area (Å²) in [6, 6.07) is 6.43. The summed E-state index contributed by atoms with van der Waals surface area (Å²) >= 11 is 0. The molecule has 1 saturated heterocycles. The summed E-state index contributed by atoms with van der Waals surface area (Å²) in [5.41, 5.74) is 2.77. The highest BCUT2D eigenvalue weighted by atomic mass is 16.5. The van der Waals surface area contributed by atoms with Gasteiger partial charge in [-0.1, -0.05) is 19.1 Å². The molecular formula is C16H24N2O. The fourth-order valence-electron chi connectivity index (χ4n) is 3.11. The van der Waals surface area contributed by atoms with Crippen molar-refractivity contribution in [3.05, 3.63) is 29.3 Å². The first-order valence-electron chi connectivity index (χ1n) is 7.53. The number of nitrogens with zero attached hydrogens (tertiary/aromatic N) is 1. The molecule has 2 aliphatic heterocycles. The molecule has 1 fully saturated rings. The first-order chi connectivity index (χ1) is 9.36. The lowest BCUT2D eigenvalue weighted by Crippen LogP contribution is -2.35. The Bertz CT molecular complexity index is 425. The molecule has 2 aliphatic rings. The molecule has 3 heteroatoms. The summed E-state index contributed by atoms with van der Waals surface area (Å²) < 4.78 is 6.10. The Labute approximate surface area is 115 Å². The molecule has 0 aliphatic carbocycles. The predicted molar refractivity (Wildman–Crippen MR) is 77.3 cm³/mol. The van der Waals surface area contributed by atoms with Gasteiger partial charge in [0.15, 0.2) is 0 Å². The van der Waals surface area contributed by atoms with Gasteiger partial charge in [0.1, 0.15) is 5.75 Å². The van der Waals surface area contributed by atoms with Crippen molar-refractivity contribution in [3.8, 4) is 5.75 Å². The molecule has 0 amide bonds. The molecule has 3 nitrogen and oxygen atoms in total. The molecule has 104 valence electrons. The summed E-state index contributed by atoms with van der Waals surface area (Å²) in [4.78, 5) is 2.53. The standard InChI is InChI=1S/C16H24N2O/c1-2-18-8-6-13(7-9-18)12-19-16-5-3-4-14-10-17-11-15(14)16/h3-5,13,17H,2,6-12H2,1H3. The van der Waals surface area contributed by atoms with Crippen molar-refractivity contribution in [1.29, 1.82) is 0 Å². The van der Waals surface area contributed by atoms with Gasteiger partial charge in [0.05, 0.1) is 6.61 Å². The van der Waals surface area contributed by atoms with E-state index in [1.807, 2.05) is 0 Å². The molecular weight excluding hydrogens is 236 g/mol. The van der Waals surface area contributed by atoms with Crippen LogP contribution in [0.25, 0.3) is 0 Å². The number of benzene rings is 1. The van der Waals surface area contributed by atoms with Gasteiger partial charge in [0.25, 0.3) is 0 Å². The highest BCUT2D eigenvalue weighted by Crippen LogP contribution is 2.27.